The number of nitro groups is 1. The van der Waals surface area contributed by atoms with Gasteiger partial charge in [0.25, 0.3) is 15.8 Å². The van der Waals surface area contributed by atoms with Gasteiger partial charge >= 0.3 is 0 Å². The lowest BCUT2D eigenvalue weighted by Gasteiger charge is -2.14. The Labute approximate surface area is 112 Å². The molecule has 1 aromatic carbocycles. The molecule has 106 valence electrons. The molecule has 0 unspecified atom stereocenters. The summed E-state index contributed by atoms with van der Waals surface area (Å²) in [6.45, 7) is 7.78. The van der Waals surface area contributed by atoms with Crippen LogP contribution in [0, 0.1) is 30.9 Å². The predicted molar refractivity (Wildman–Crippen MR) is 70.7 cm³/mol. The van der Waals surface area contributed by atoms with Gasteiger partial charge in [0.2, 0.25) is 0 Å². The summed E-state index contributed by atoms with van der Waals surface area (Å²) in [4.78, 5) is 10.3. The Hall–Kier alpha value is -1.47. The summed E-state index contributed by atoms with van der Waals surface area (Å²) in [7, 11) is -4.00. The van der Waals surface area contributed by atoms with Crippen molar-refractivity contribution >= 4 is 15.8 Å². The molecule has 1 aromatic rings. The first-order valence-electron chi connectivity index (χ1n) is 5.76. The molecule has 0 aliphatic rings. The van der Waals surface area contributed by atoms with Gasteiger partial charge in [-0.1, -0.05) is 0 Å². The van der Waals surface area contributed by atoms with Crippen LogP contribution in [0.5, 0.6) is 0 Å². The second-order valence-electron chi connectivity index (χ2n) is 4.67. The van der Waals surface area contributed by atoms with Gasteiger partial charge in [-0.05, 0) is 46.2 Å². The Morgan fingerprint density at radius 1 is 1.21 bits per heavy atom. The molecule has 0 aliphatic carbocycles. The van der Waals surface area contributed by atoms with Gasteiger partial charge in [-0.25, -0.2) is 0 Å². The fourth-order valence-corrected chi connectivity index (χ4v) is 3.65. The highest BCUT2D eigenvalue weighted by Crippen LogP contribution is 2.32. The fourth-order valence-electron chi connectivity index (χ4n) is 2.12. The maximum atomic E-state index is 12.1. The number of nitro benzene ring substituents is 1. The lowest BCUT2D eigenvalue weighted by molar-refractivity contribution is -0.386. The molecular formula is C12H17NO5S. The van der Waals surface area contributed by atoms with Gasteiger partial charge in [-0.2, -0.15) is 8.42 Å². The van der Waals surface area contributed by atoms with E-state index in [-0.39, 0.29) is 16.1 Å². The van der Waals surface area contributed by atoms with Crippen molar-refractivity contribution in [2.75, 3.05) is 0 Å². The second kappa shape index (κ2) is 5.26. The summed E-state index contributed by atoms with van der Waals surface area (Å²) in [6, 6.07) is 1.49. The third kappa shape index (κ3) is 3.10. The fraction of sp³-hybridized carbons (Fsp3) is 0.500. The maximum absolute atomic E-state index is 12.1. The maximum Gasteiger partial charge on any atom is 0.298 e. The molecule has 0 heterocycles. The van der Waals surface area contributed by atoms with Crippen molar-refractivity contribution in [3.8, 4) is 0 Å². The average molecular weight is 287 g/mol. The lowest BCUT2D eigenvalue weighted by atomic mass is 10.1. The van der Waals surface area contributed by atoms with Crippen LogP contribution in [-0.4, -0.2) is 19.4 Å². The van der Waals surface area contributed by atoms with Crippen LogP contribution in [-0.2, 0) is 14.3 Å². The first kappa shape index (κ1) is 15.6. The van der Waals surface area contributed by atoms with Crippen molar-refractivity contribution < 1.29 is 17.5 Å². The largest absolute Gasteiger partial charge is 0.298 e. The average Bonchev–Trinajstić information content (AvgIpc) is 2.11. The van der Waals surface area contributed by atoms with E-state index in [0.717, 1.165) is 0 Å². The van der Waals surface area contributed by atoms with E-state index in [2.05, 4.69) is 0 Å². The van der Waals surface area contributed by atoms with Crippen LogP contribution in [0.2, 0.25) is 0 Å². The lowest BCUT2D eigenvalue weighted by Crippen LogP contribution is -2.16. The van der Waals surface area contributed by atoms with Crippen LogP contribution in [0.25, 0.3) is 0 Å². The minimum Gasteiger partial charge on any atom is -0.264 e. The molecule has 0 amide bonds. The molecule has 7 heteroatoms. The Kier molecular flexibility index (Phi) is 4.32. The molecule has 0 saturated heterocycles. The van der Waals surface area contributed by atoms with Crippen LogP contribution >= 0.6 is 0 Å². The van der Waals surface area contributed by atoms with Crippen LogP contribution in [0.15, 0.2) is 11.0 Å². The summed E-state index contributed by atoms with van der Waals surface area (Å²) in [5.41, 5.74) is 0.810. The van der Waals surface area contributed by atoms with Crippen molar-refractivity contribution in [1.29, 1.82) is 0 Å². The Morgan fingerprint density at radius 3 is 2.16 bits per heavy atom. The molecule has 19 heavy (non-hydrogen) atoms. The molecule has 0 bridgehead atoms. The van der Waals surface area contributed by atoms with Gasteiger partial charge in [0.05, 0.1) is 11.0 Å². The number of hydrogen-bond acceptors (Lipinski definition) is 5. The zero-order valence-corrected chi connectivity index (χ0v) is 12.4. The molecular weight excluding hydrogens is 270 g/mol. The summed E-state index contributed by atoms with van der Waals surface area (Å²) in [6.07, 6.45) is -0.524. The van der Waals surface area contributed by atoms with E-state index >= 15 is 0 Å². The van der Waals surface area contributed by atoms with E-state index in [1.807, 2.05) is 0 Å². The second-order valence-corrected chi connectivity index (χ2v) is 6.18. The summed E-state index contributed by atoms with van der Waals surface area (Å²) in [5, 5.41) is 11.0. The molecule has 0 fully saturated rings. The van der Waals surface area contributed by atoms with Crippen LogP contribution in [0.1, 0.15) is 30.5 Å². The summed E-state index contributed by atoms with van der Waals surface area (Å²) in [5.74, 6) is 0. The molecule has 0 aliphatic heterocycles. The van der Waals surface area contributed by atoms with E-state index in [0.29, 0.717) is 11.1 Å². The molecule has 1 rings (SSSR count). The molecule has 0 N–H and O–H groups in total. The number of aryl methyl sites for hydroxylation is 2. The highest BCUT2D eigenvalue weighted by atomic mass is 32.2. The number of nitrogens with zero attached hydrogens (tertiary/aromatic N) is 1. The molecule has 0 spiro atoms. The number of hydrogen-bond donors (Lipinski definition) is 0. The Balaban J connectivity index is 3.62. The van der Waals surface area contributed by atoms with Gasteiger partial charge < -0.3 is 0 Å². The van der Waals surface area contributed by atoms with Crippen molar-refractivity contribution in [3.05, 3.63) is 32.9 Å². The smallest absolute Gasteiger partial charge is 0.264 e. The zero-order valence-electron chi connectivity index (χ0n) is 11.6. The van der Waals surface area contributed by atoms with Crippen LogP contribution < -0.4 is 0 Å². The first-order valence-corrected chi connectivity index (χ1v) is 7.17. The van der Waals surface area contributed by atoms with Gasteiger partial charge in [0.1, 0.15) is 4.90 Å². The SMILES string of the molecule is Cc1cc(C)c(S(=O)(=O)OC(C)C)c(C)c1[N+](=O)[O-]. The summed E-state index contributed by atoms with van der Waals surface area (Å²) >= 11 is 0. The van der Waals surface area contributed by atoms with Gasteiger partial charge in [0.15, 0.2) is 0 Å². The topological polar surface area (TPSA) is 86.5 Å². The number of benzene rings is 1. The highest BCUT2D eigenvalue weighted by Gasteiger charge is 2.28. The molecule has 0 saturated carbocycles. The molecule has 6 nitrogen and oxygen atoms in total. The van der Waals surface area contributed by atoms with E-state index in [1.165, 1.54) is 13.0 Å². The van der Waals surface area contributed by atoms with E-state index < -0.39 is 21.1 Å². The van der Waals surface area contributed by atoms with E-state index in [9.17, 15) is 18.5 Å². The van der Waals surface area contributed by atoms with Crippen molar-refractivity contribution in [2.24, 2.45) is 0 Å². The number of rotatable bonds is 4. The molecule has 0 aromatic heterocycles. The normalized spacial score (nSPS) is 11.9. The predicted octanol–water partition coefficient (Wildman–Crippen LogP) is 2.63. The highest BCUT2D eigenvalue weighted by molar-refractivity contribution is 7.86. The van der Waals surface area contributed by atoms with Crippen molar-refractivity contribution in [1.82, 2.24) is 0 Å². The van der Waals surface area contributed by atoms with Crippen LogP contribution in [0.4, 0.5) is 5.69 Å². The first-order chi connectivity index (χ1) is 8.58. The van der Waals surface area contributed by atoms with Crippen LogP contribution in [0.3, 0.4) is 0 Å². The monoisotopic (exact) mass is 287 g/mol. The Bertz CT molecular complexity index is 619. The minimum absolute atomic E-state index is 0.113. The Morgan fingerprint density at radius 2 is 1.74 bits per heavy atom. The van der Waals surface area contributed by atoms with E-state index in [4.69, 9.17) is 4.18 Å². The van der Waals surface area contributed by atoms with Gasteiger partial charge in [-0.3, -0.25) is 14.3 Å². The summed E-state index contributed by atoms with van der Waals surface area (Å²) < 4.78 is 29.2. The zero-order chi connectivity index (χ0) is 15.0. The quantitative estimate of drug-likeness (QED) is 0.482. The van der Waals surface area contributed by atoms with Crippen molar-refractivity contribution in [3.63, 3.8) is 0 Å². The third-order valence-corrected chi connectivity index (χ3v) is 4.38. The van der Waals surface area contributed by atoms with Crippen molar-refractivity contribution in [2.45, 2.75) is 45.6 Å². The van der Waals surface area contributed by atoms with Gasteiger partial charge in [0, 0.05) is 11.1 Å². The van der Waals surface area contributed by atoms with E-state index in [1.54, 1.807) is 27.7 Å². The standard InChI is InChI=1S/C12H17NO5S/c1-7(2)18-19(16,17)12-9(4)6-8(3)11(10(12)5)13(14)15/h6-7H,1-5H3. The van der Waals surface area contributed by atoms with Gasteiger partial charge in [-0.15, -0.1) is 0 Å². The molecule has 0 atom stereocenters. The molecule has 0 radical (unpaired) electrons. The third-order valence-electron chi connectivity index (χ3n) is 2.61. The minimum atomic E-state index is -4.00.